The molecule has 0 unspecified atom stereocenters. The minimum absolute atomic E-state index is 0.00832. The van der Waals surface area contributed by atoms with E-state index in [0.717, 1.165) is 49.0 Å². The average molecular weight is 1280 g/mol. The molecular weight excluding hydrogens is 1200 g/mol. The number of anilines is 3. The van der Waals surface area contributed by atoms with Crippen LogP contribution in [-0.2, 0) is 53.3 Å². The summed E-state index contributed by atoms with van der Waals surface area (Å²) < 4.78 is 4.55. The standard InChI is InChI=1S/C66H78N22O6/c67-49-37-86(34-28-43-19-7-16-40-13-1-4-22-46(40)43)83-55(49)61(92)79-51(26-11-32-76-65(71)72)59(90)82-54-39-88(36-30-45-21-9-18-42-15-3-6-24-48(42)45)85-57(54)63(94)80-52(27-12-33-77-66(73)74)60(91)81-53-38-87(35-29-44-20-8-17-41-14-2-5-23-47(41)44)84-56(53)62(93)78-50(58(68)89)25-10-31-75-64(69)70/h1-9,13-24,37-39,50-52H,10-12,25-36,67H2,(H2,68,89)(H,78,93)(H,79,92)(H,80,94)(H,81,91)(H,82,90)(H4,69,70,75)(H4,71,72,76)(H4,73,74,77)/t50-,51-,52-/m0/s1. The molecule has 9 aromatic rings. The van der Waals surface area contributed by atoms with Crippen LogP contribution in [0.5, 0.6) is 0 Å². The Labute approximate surface area is 541 Å². The number of nitrogens with one attached hydrogen (secondary N) is 11. The number of amides is 6. The first-order valence-corrected chi connectivity index (χ1v) is 30.8. The molecule has 0 fully saturated rings. The van der Waals surface area contributed by atoms with Crippen molar-refractivity contribution in [3.8, 4) is 0 Å². The second kappa shape index (κ2) is 31.8. The molecule has 9 rings (SSSR count). The summed E-state index contributed by atoms with van der Waals surface area (Å²) in [6.07, 6.45) is 6.67. The molecule has 0 aliphatic carbocycles. The Bertz CT molecular complexity index is 4230. The molecule has 0 bridgehead atoms. The maximum absolute atomic E-state index is 15.0. The third-order valence-corrected chi connectivity index (χ3v) is 15.8. The normalized spacial score (nSPS) is 12.1. The fourth-order valence-electron chi connectivity index (χ4n) is 11.1. The maximum Gasteiger partial charge on any atom is 0.274 e. The molecule has 3 atom stereocenters. The molecule has 0 saturated heterocycles. The predicted octanol–water partition coefficient (Wildman–Crippen LogP) is 3.89. The summed E-state index contributed by atoms with van der Waals surface area (Å²) in [6.45, 7) is 1.33. The summed E-state index contributed by atoms with van der Waals surface area (Å²) >= 11 is 0. The number of primary amides is 1. The first kappa shape index (κ1) is 66.6. The lowest BCUT2D eigenvalue weighted by atomic mass is 10.0. The number of carbonyl (C=O) groups is 6. The predicted molar refractivity (Wildman–Crippen MR) is 362 cm³/mol. The summed E-state index contributed by atoms with van der Waals surface area (Å²) in [5.74, 6) is -5.81. The molecule has 0 aliphatic rings. The summed E-state index contributed by atoms with van der Waals surface area (Å²) in [7, 11) is 0. The summed E-state index contributed by atoms with van der Waals surface area (Å²) in [4.78, 5) is 85.9. The Morgan fingerprint density at radius 2 is 0.734 bits per heavy atom. The van der Waals surface area contributed by atoms with E-state index in [0.29, 0.717) is 32.2 Å². The highest BCUT2D eigenvalue weighted by atomic mass is 16.2. The number of aryl methyl sites for hydroxylation is 6. The van der Waals surface area contributed by atoms with Crippen LogP contribution in [0.1, 0.15) is 86.7 Å². The number of rotatable bonds is 32. The van der Waals surface area contributed by atoms with Crippen LogP contribution in [0, 0.1) is 16.2 Å². The zero-order valence-corrected chi connectivity index (χ0v) is 51.7. The molecule has 6 aromatic carbocycles. The van der Waals surface area contributed by atoms with E-state index >= 15 is 4.79 Å². The van der Waals surface area contributed by atoms with Gasteiger partial charge in [0.15, 0.2) is 35.0 Å². The maximum atomic E-state index is 15.0. The number of aromatic nitrogens is 6. The Morgan fingerprint density at radius 1 is 0.415 bits per heavy atom. The number of carbonyl (C=O) groups excluding carboxylic acids is 6. The average Bonchev–Trinajstić information content (AvgIpc) is 1.55. The molecule has 0 aliphatic heterocycles. The number of fused-ring (bicyclic) bond motifs is 3. The van der Waals surface area contributed by atoms with Crippen molar-refractivity contribution in [2.45, 2.75) is 95.5 Å². The van der Waals surface area contributed by atoms with Crippen molar-refractivity contribution in [1.29, 1.82) is 16.2 Å². The van der Waals surface area contributed by atoms with Crippen LogP contribution in [0.25, 0.3) is 32.3 Å². The fourth-order valence-corrected chi connectivity index (χ4v) is 11.1. The number of hydrogen-bond acceptors (Lipinski definition) is 13. The van der Waals surface area contributed by atoms with Crippen molar-refractivity contribution in [1.82, 2.24) is 61.2 Å². The van der Waals surface area contributed by atoms with Crippen LogP contribution >= 0.6 is 0 Å². The van der Waals surface area contributed by atoms with E-state index in [1.165, 1.54) is 21.8 Å². The number of benzene rings is 6. The van der Waals surface area contributed by atoms with E-state index in [4.69, 9.17) is 50.0 Å². The molecule has 21 N–H and O–H groups in total. The van der Waals surface area contributed by atoms with E-state index in [1.54, 1.807) is 10.9 Å². The van der Waals surface area contributed by atoms with Gasteiger partial charge in [0.1, 0.15) is 18.1 Å². The van der Waals surface area contributed by atoms with Crippen molar-refractivity contribution in [2.75, 3.05) is 36.0 Å². The van der Waals surface area contributed by atoms with E-state index < -0.39 is 53.6 Å². The van der Waals surface area contributed by atoms with E-state index in [9.17, 15) is 24.0 Å². The molecule has 94 heavy (non-hydrogen) atoms. The first-order chi connectivity index (χ1) is 45.4. The van der Waals surface area contributed by atoms with Gasteiger partial charge in [-0.25, -0.2) is 0 Å². The number of nitrogens with two attached hydrogens (primary N) is 5. The molecule has 488 valence electrons. The van der Waals surface area contributed by atoms with Crippen LogP contribution in [0.2, 0.25) is 0 Å². The van der Waals surface area contributed by atoms with Crippen LogP contribution < -0.4 is 71.2 Å². The quantitative estimate of drug-likeness (QED) is 0.0161. The zero-order valence-electron chi connectivity index (χ0n) is 51.7. The number of guanidine groups is 3. The topological polar surface area (TPSA) is 454 Å². The monoisotopic (exact) mass is 1270 g/mol. The Balaban J connectivity index is 0.996. The molecule has 28 heteroatoms. The molecule has 6 amide bonds. The lowest BCUT2D eigenvalue weighted by Crippen LogP contribution is -2.46. The lowest BCUT2D eigenvalue weighted by molar-refractivity contribution is -0.120. The highest BCUT2D eigenvalue weighted by molar-refractivity contribution is 6.09. The molecule has 3 aromatic heterocycles. The van der Waals surface area contributed by atoms with Crippen molar-refractivity contribution in [3.63, 3.8) is 0 Å². The molecule has 3 heterocycles. The lowest BCUT2D eigenvalue weighted by Gasteiger charge is -2.20. The van der Waals surface area contributed by atoms with E-state index in [1.807, 2.05) is 127 Å². The Morgan fingerprint density at radius 3 is 1.11 bits per heavy atom. The van der Waals surface area contributed by atoms with Gasteiger partial charge < -0.3 is 71.2 Å². The van der Waals surface area contributed by atoms with Gasteiger partial charge in [-0.05, 0) is 107 Å². The van der Waals surface area contributed by atoms with Crippen LogP contribution in [-0.4, -0.2) is 120 Å². The van der Waals surface area contributed by atoms with Gasteiger partial charge in [-0.1, -0.05) is 127 Å². The van der Waals surface area contributed by atoms with Crippen LogP contribution in [0.15, 0.2) is 146 Å². The second-order valence-corrected chi connectivity index (χ2v) is 22.6. The fraction of sp³-hybridized carbons (Fsp3) is 0.273. The van der Waals surface area contributed by atoms with Crippen molar-refractivity contribution in [2.24, 2.45) is 22.9 Å². The second-order valence-electron chi connectivity index (χ2n) is 22.6. The number of hydrogen-bond donors (Lipinski definition) is 16. The van der Waals surface area contributed by atoms with Gasteiger partial charge in [0.2, 0.25) is 17.7 Å². The minimum Gasteiger partial charge on any atom is -0.396 e. The van der Waals surface area contributed by atoms with E-state index in [-0.39, 0.29) is 117 Å². The molecule has 0 spiro atoms. The SMILES string of the molecule is N=C(N)NCCC[C@H](NC(=O)c1nn(CCc2cccc3ccccc23)cc1NC(=O)[C@H](CCCNC(=N)N)NC(=O)c1nn(CCc2cccc3ccccc23)cc1NC(=O)[C@H](CCCNC(=N)N)NC(=O)c1nn(CCc2cccc3ccccc23)cc1N)C(N)=O. The van der Waals surface area contributed by atoms with Gasteiger partial charge >= 0.3 is 0 Å². The van der Waals surface area contributed by atoms with Crippen molar-refractivity contribution in [3.05, 3.63) is 180 Å². The number of nitrogens with zero attached hydrogens (tertiary/aromatic N) is 6. The zero-order chi connectivity index (χ0) is 66.7. The summed E-state index contributed by atoms with van der Waals surface area (Å²) in [5.41, 5.74) is 31.1. The summed E-state index contributed by atoms with van der Waals surface area (Å²) in [5, 5.41) is 64.9. The minimum atomic E-state index is -1.40. The molecule has 0 radical (unpaired) electrons. The number of nitrogen functional groups attached to an aromatic ring is 1. The smallest absolute Gasteiger partial charge is 0.274 e. The van der Waals surface area contributed by atoms with Gasteiger partial charge in [0.25, 0.3) is 17.7 Å². The highest BCUT2D eigenvalue weighted by Gasteiger charge is 2.31. The third kappa shape index (κ3) is 18.0. The first-order valence-electron chi connectivity index (χ1n) is 30.8. The highest BCUT2D eigenvalue weighted by Crippen LogP contribution is 2.25. The largest absolute Gasteiger partial charge is 0.396 e. The van der Waals surface area contributed by atoms with E-state index in [2.05, 4.69) is 52.7 Å². The van der Waals surface area contributed by atoms with Crippen LogP contribution in [0.4, 0.5) is 17.1 Å². The third-order valence-electron chi connectivity index (χ3n) is 15.8. The Kier molecular flexibility index (Phi) is 22.5. The van der Waals surface area contributed by atoms with Crippen LogP contribution in [0.3, 0.4) is 0 Å². The van der Waals surface area contributed by atoms with Gasteiger partial charge in [-0.2, -0.15) is 15.3 Å². The van der Waals surface area contributed by atoms with Crippen molar-refractivity contribution >= 4 is 103 Å². The van der Waals surface area contributed by atoms with Gasteiger partial charge in [-0.3, -0.25) is 59.0 Å². The van der Waals surface area contributed by atoms with Gasteiger partial charge in [-0.15, -0.1) is 0 Å². The van der Waals surface area contributed by atoms with Crippen molar-refractivity contribution < 1.29 is 28.8 Å². The Hall–Kier alpha value is -11.8. The molecule has 28 nitrogen and oxygen atoms in total. The van der Waals surface area contributed by atoms with Gasteiger partial charge in [0.05, 0.1) is 17.1 Å². The van der Waals surface area contributed by atoms with Gasteiger partial charge in [0, 0.05) is 57.9 Å². The summed E-state index contributed by atoms with van der Waals surface area (Å²) in [6, 6.07) is 37.8. The molecule has 0 saturated carbocycles. The molecular formula is C66H78N22O6.